The first kappa shape index (κ1) is 16.5. The van der Waals surface area contributed by atoms with Gasteiger partial charge in [0.25, 0.3) is 0 Å². The molecule has 118 valence electrons. The van der Waals surface area contributed by atoms with Crippen molar-refractivity contribution in [3.63, 3.8) is 0 Å². The summed E-state index contributed by atoms with van der Waals surface area (Å²) < 4.78 is 0. The molecule has 23 heavy (non-hydrogen) atoms. The number of hydrogen-bond acceptors (Lipinski definition) is 4. The Balaban J connectivity index is 1.82. The summed E-state index contributed by atoms with van der Waals surface area (Å²) >= 11 is 0. The number of rotatable bonds is 7. The second-order valence-corrected chi connectivity index (χ2v) is 5.30. The molecule has 1 unspecified atom stereocenters. The van der Waals surface area contributed by atoms with Crippen LogP contribution in [0.25, 0.3) is 0 Å². The molecule has 1 amide bonds. The lowest BCUT2D eigenvalue weighted by Gasteiger charge is -2.11. The largest absolute Gasteiger partial charge is 0.391 e. The number of oxime groups is 1. The lowest BCUT2D eigenvalue weighted by Crippen LogP contribution is -2.30. The van der Waals surface area contributed by atoms with Crippen LogP contribution >= 0.6 is 0 Å². The Labute approximate surface area is 135 Å². The highest BCUT2D eigenvalue weighted by Gasteiger charge is 2.24. The first-order chi connectivity index (χ1) is 11.2. The molecule has 1 N–H and O–H groups in total. The normalized spacial score (nSPS) is 16.2. The van der Waals surface area contributed by atoms with Crippen LogP contribution in [0.3, 0.4) is 0 Å². The number of benzene rings is 1. The SMILES string of the molecule is C=CC(C=C)CNC(=O)CC1CC(c2ccc(C#N)cc2)=NO1. The fraction of sp³-hybridized carbons (Fsp3) is 0.278. The van der Waals surface area contributed by atoms with Crippen molar-refractivity contribution in [2.45, 2.75) is 18.9 Å². The summed E-state index contributed by atoms with van der Waals surface area (Å²) in [5, 5.41) is 15.7. The number of carbonyl (C=O) groups is 1. The molecule has 0 spiro atoms. The van der Waals surface area contributed by atoms with E-state index in [1.807, 2.05) is 12.1 Å². The minimum absolute atomic E-state index is 0.0638. The molecule has 0 aliphatic carbocycles. The van der Waals surface area contributed by atoms with Crippen LogP contribution in [0.4, 0.5) is 0 Å². The van der Waals surface area contributed by atoms with Gasteiger partial charge < -0.3 is 10.2 Å². The van der Waals surface area contributed by atoms with Crippen molar-refractivity contribution in [2.75, 3.05) is 6.54 Å². The van der Waals surface area contributed by atoms with Gasteiger partial charge in [-0.1, -0.05) is 29.4 Å². The molecule has 0 bridgehead atoms. The maximum atomic E-state index is 11.9. The molecule has 1 aliphatic rings. The number of nitriles is 1. The quantitative estimate of drug-likeness (QED) is 0.787. The average molecular weight is 309 g/mol. The Morgan fingerprint density at radius 2 is 2.13 bits per heavy atom. The van der Waals surface area contributed by atoms with Crippen LogP contribution in [-0.2, 0) is 9.63 Å². The van der Waals surface area contributed by atoms with Crippen LogP contribution in [0, 0.1) is 17.2 Å². The molecular weight excluding hydrogens is 290 g/mol. The van der Waals surface area contributed by atoms with Crippen molar-refractivity contribution in [1.82, 2.24) is 5.32 Å². The molecular formula is C18H19N3O2. The van der Waals surface area contributed by atoms with Crippen LogP contribution < -0.4 is 5.32 Å². The second-order valence-electron chi connectivity index (χ2n) is 5.30. The molecule has 1 aromatic carbocycles. The van der Waals surface area contributed by atoms with E-state index >= 15 is 0 Å². The van der Waals surface area contributed by atoms with E-state index in [0.29, 0.717) is 18.5 Å². The smallest absolute Gasteiger partial charge is 0.223 e. The second kappa shape index (κ2) is 7.95. The first-order valence-electron chi connectivity index (χ1n) is 7.41. The molecule has 2 rings (SSSR count). The van der Waals surface area contributed by atoms with E-state index in [9.17, 15) is 4.79 Å². The van der Waals surface area contributed by atoms with E-state index in [1.54, 1.807) is 24.3 Å². The van der Waals surface area contributed by atoms with E-state index in [4.69, 9.17) is 10.1 Å². The van der Waals surface area contributed by atoms with E-state index in [-0.39, 0.29) is 24.3 Å². The summed E-state index contributed by atoms with van der Waals surface area (Å²) in [5.74, 6) is -0.0196. The zero-order valence-electron chi connectivity index (χ0n) is 12.9. The van der Waals surface area contributed by atoms with E-state index < -0.39 is 0 Å². The number of carbonyl (C=O) groups excluding carboxylic acids is 1. The highest BCUT2D eigenvalue weighted by molar-refractivity contribution is 6.01. The minimum atomic E-state index is -0.258. The fourth-order valence-corrected chi connectivity index (χ4v) is 2.22. The lowest BCUT2D eigenvalue weighted by atomic mass is 10.0. The van der Waals surface area contributed by atoms with Gasteiger partial charge in [-0.2, -0.15) is 5.26 Å². The third-order valence-corrected chi connectivity index (χ3v) is 3.63. The Morgan fingerprint density at radius 3 is 2.74 bits per heavy atom. The molecule has 1 aromatic rings. The molecule has 5 nitrogen and oxygen atoms in total. The maximum absolute atomic E-state index is 11.9. The topological polar surface area (TPSA) is 74.5 Å². The molecule has 1 aliphatic heterocycles. The summed E-state index contributed by atoms with van der Waals surface area (Å²) in [7, 11) is 0. The van der Waals surface area contributed by atoms with Gasteiger partial charge in [0.05, 0.1) is 23.8 Å². The molecule has 1 heterocycles. The standard InChI is InChI=1S/C18H19N3O2/c1-3-13(4-2)12-20-18(22)10-16-9-17(21-23-16)15-7-5-14(11-19)6-8-15/h3-8,13,16H,1-2,9-10,12H2,(H,20,22). The first-order valence-corrected chi connectivity index (χ1v) is 7.41. The van der Waals surface area contributed by atoms with Gasteiger partial charge in [-0.25, -0.2) is 0 Å². The molecule has 0 saturated heterocycles. The van der Waals surface area contributed by atoms with Crippen molar-refractivity contribution in [3.8, 4) is 6.07 Å². The number of nitrogens with one attached hydrogen (secondary N) is 1. The Morgan fingerprint density at radius 1 is 1.43 bits per heavy atom. The van der Waals surface area contributed by atoms with Gasteiger partial charge in [0.2, 0.25) is 5.91 Å². The number of hydrogen-bond donors (Lipinski definition) is 1. The Hall–Kier alpha value is -2.87. The van der Waals surface area contributed by atoms with Crippen LogP contribution in [0.15, 0.2) is 54.7 Å². The highest BCUT2D eigenvalue weighted by atomic mass is 16.6. The molecule has 0 radical (unpaired) electrons. The molecule has 0 saturated carbocycles. The van der Waals surface area contributed by atoms with Gasteiger partial charge in [0.15, 0.2) is 0 Å². The fourth-order valence-electron chi connectivity index (χ4n) is 2.22. The molecule has 0 aromatic heterocycles. The van der Waals surface area contributed by atoms with Crippen molar-refractivity contribution >= 4 is 11.6 Å². The van der Waals surface area contributed by atoms with Crippen LogP contribution in [0.2, 0.25) is 0 Å². The van der Waals surface area contributed by atoms with Gasteiger partial charge in [-0.15, -0.1) is 13.2 Å². The zero-order valence-corrected chi connectivity index (χ0v) is 12.9. The van der Waals surface area contributed by atoms with Crippen molar-refractivity contribution in [1.29, 1.82) is 5.26 Å². The van der Waals surface area contributed by atoms with Crippen LogP contribution in [-0.4, -0.2) is 24.3 Å². The zero-order chi connectivity index (χ0) is 16.7. The van der Waals surface area contributed by atoms with Crippen LogP contribution in [0.1, 0.15) is 24.0 Å². The average Bonchev–Trinajstić information content (AvgIpc) is 3.04. The Kier molecular flexibility index (Phi) is 5.70. The number of amides is 1. The molecule has 0 fully saturated rings. The summed E-state index contributed by atoms with van der Waals surface area (Å²) in [6, 6.07) is 9.22. The number of nitrogens with zero attached hydrogens (tertiary/aromatic N) is 2. The minimum Gasteiger partial charge on any atom is -0.391 e. The summed E-state index contributed by atoms with van der Waals surface area (Å²) in [5.41, 5.74) is 2.30. The van der Waals surface area contributed by atoms with Crippen molar-refractivity contribution in [3.05, 3.63) is 60.7 Å². The van der Waals surface area contributed by atoms with Crippen LogP contribution in [0.5, 0.6) is 0 Å². The summed E-state index contributed by atoms with van der Waals surface area (Å²) in [6.45, 7) is 7.85. The van der Waals surface area contributed by atoms with Crippen molar-refractivity contribution in [2.24, 2.45) is 11.1 Å². The van der Waals surface area contributed by atoms with Gasteiger partial charge in [-0.05, 0) is 17.7 Å². The third kappa shape index (κ3) is 4.55. The monoisotopic (exact) mass is 309 g/mol. The highest BCUT2D eigenvalue weighted by Crippen LogP contribution is 2.19. The molecule has 5 heteroatoms. The van der Waals surface area contributed by atoms with E-state index in [0.717, 1.165) is 11.3 Å². The van der Waals surface area contributed by atoms with Gasteiger partial charge in [-0.3, -0.25) is 4.79 Å². The maximum Gasteiger partial charge on any atom is 0.223 e. The lowest BCUT2D eigenvalue weighted by molar-refractivity contribution is -0.123. The third-order valence-electron chi connectivity index (χ3n) is 3.63. The molecule has 1 atom stereocenters. The van der Waals surface area contributed by atoms with Crippen molar-refractivity contribution < 1.29 is 9.63 Å². The van der Waals surface area contributed by atoms with Gasteiger partial charge >= 0.3 is 0 Å². The van der Waals surface area contributed by atoms with E-state index in [2.05, 4.69) is 29.7 Å². The Bertz CT molecular complexity index is 648. The van der Waals surface area contributed by atoms with E-state index in [1.165, 1.54) is 0 Å². The predicted octanol–water partition coefficient (Wildman–Crippen LogP) is 2.55. The predicted molar refractivity (Wildman–Crippen MR) is 88.7 cm³/mol. The summed E-state index contributed by atoms with van der Waals surface area (Å²) in [4.78, 5) is 17.2. The van der Waals surface area contributed by atoms with Gasteiger partial charge in [0, 0.05) is 18.9 Å². The summed E-state index contributed by atoms with van der Waals surface area (Å²) in [6.07, 6.45) is 4.05. The van der Waals surface area contributed by atoms with Gasteiger partial charge in [0.1, 0.15) is 6.10 Å².